The zero-order valence-electron chi connectivity index (χ0n) is 7.71. The summed E-state index contributed by atoms with van der Waals surface area (Å²) in [6, 6.07) is 0. The minimum Gasteiger partial charge on any atom is -0.492 e. The summed E-state index contributed by atoms with van der Waals surface area (Å²) in [6.07, 6.45) is 1.09. The highest BCUT2D eigenvalue weighted by molar-refractivity contribution is 14.1. The van der Waals surface area contributed by atoms with E-state index in [-0.39, 0.29) is 15.0 Å². The molecule has 0 unspecified atom stereocenters. The topological polar surface area (TPSA) is 66.0 Å². The zero-order valence-corrected chi connectivity index (χ0v) is 10.7. The Balaban J connectivity index is 2.75. The van der Waals surface area contributed by atoms with Crippen molar-refractivity contribution in [2.45, 2.75) is 19.1 Å². The van der Waals surface area contributed by atoms with Crippen molar-refractivity contribution in [3.63, 3.8) is 0 Å². The molecule has 0 amide bonds. The van der Waals surface area contributed by atoms with Crippen LogP contribution in [-0.4, -0.2) is 20.8 Å². The van der Waals surface area contributed by atoms with E-state index >= 15 is 0 Å². The first kappa shape index (κ1) is 11.8. The molecular formula is C8H11IN2O2S. The quantitative estimate of drug-likeness (QED) is 0.653. The van der Waals surface area contributed by atoms with E-state index in [1.807, 2.05) is 0 Å². The van der Waals surface area contributed by atoms with Gasteiger partial charge in [-0.1, -0.05) is 6.92 Å². The molecule has 1 aromatic rings. The Kier molecular flexibility index (Phi) is 4.73. The molecule has 0 atom stereocenters. The van der Waals surface area contributed by atoms with Gasteiger partial charge in [0, 0.05) is 0 Å². The lowest BCUT2D eigenvalue weighted by Gasteiger charge is -2.01. The van der Waals surface area contributed by atoms with E-state index in [4.69, 9.17) is 0 Å². The maximum Gasteiger partial charge on any atom is 0.268 e. The smallest absolute Gasteiger partial charge is 0.268 e. The summed E-state index contributed by atoms with van der Waals surface area (Å²) in [7, 11) is 0. The van der Waals surface area contributed by atoms with Gasteiger partial charge < -0.3 is 10.1 Å². The third kappa shape index (κ3) is 3.16. The van der Waals surface area contributed by atoms with Gasteiger partial charge in [0.1, 0.15) is 9.39 Å². The molecule has 1 aromatic heterocycles. The maximum atomic E-state index is 11.2. The number of H-pyrrole nitrogens is 1. The minimum absolute atomic E-state index is 0.179. The molecule has 14 heavy (non-hydrogen) atoms. The van der Waals surface area contributed by atoms with Crippen LogP contribution >= 0.6 is 34.4 Å². The number of nitrogens with one attached hydrogen (secondary N) is 1. The molecule has 0 aliphatic rings. The Labute approximate surface area is 99.7 Å². The Hall–Kier alpha value is -0.240. The highest BCUT2D eigenvalue weighted by Gasteiger charge is 2.06. The molecule has 1 rings (SSSR count). The van der Waals surface area contributed by atoms with Crippen molar-refractivity contribution < 1.29 is 5.11 Å². The summed E-state index contributed by atoms with van der Waals surface area (Å²) < 4.78 is 0.242. The molecule has 0 bridgehead atoms. The van der Waals surface area contributed by atoms with E-state index < -0.39 is 0 Å². The van der Waals surface area contributed by atoms with Crippen LogP contribution in [-0.2, 0) is 5.75 Å². The number of hydrogen-bond acceptors (Lipinski definition) is 4. The number of aromatic amines is 1. The molecule has 0 radical (unpaired) electrons. The van der Waals surface area contributed by atoms with Crippen LogP contribution in [0.2, 0.25) is 0 Å². The van der Waals surface area contributed by atoms with Crippen molar-refractivity contribution in [2.75, 3.05) is 5.75 Å². The van der Waals surface area contributed by atoms with Crippen molar-refractivity contribution in [3.8, 4) is 5.88 Å². The summed E-state index contributed by atoms with van der Waals surface area (Å²) in [4.78, 5) is 17.7. The number of thioether (sulfide) groups is 1. The molecule has 6 heteroatoms. The van der Waals surface area contributed by atoms with Crippen molar-refractivity contribution in [1.82, 2.24) is 9.97 Å². The van der Waals surface area contributed by atoms with Gasteiger partial charge in [0.15, 0.2) is 0 Å². The van der Waals surface area contributed by atoms with Crippen LogP contribution in [0, 0.1) is 3.57 Å². The molecule has 1 heterocycles. The van der Waals surface area contributed by atoms with E-state index in [0.29, 0.717) is 11.6 Å². The van der Waals surface area contributed by atoms with Crippen molar-refractivity contribution in [3.05, 3.63) is 19.7 Å². The van der Waals surface area contributed by atoms with Gasteiger partial charge in [-0.3, -0.25) is 4.79 Å². The highest BCUT2D eigenvalue weighted by Crippen LogP contribution is 2.14. The van der Waals surface area contributed by atoms with Gasteiger partial charge in [-0.25, -0.2) is 0 Å². The van der Waals surface area contributed by atoms with Gasteiger partial charge in [0.25, 0.3) is 5.56 Å². The summed E-state index contributed by atoms with van der Waals surface area (Å²) in [5.41, 5.74) is -0.273. The maximum absolute atomic E-state index is 11.2. The van der Waals surface area contributed by atoms with E-state index in [1.54, 1.807) is 34.4 Å². The van der Waals surface area contributed by atoms with Crippen LogP contribution in [0.25, 0.3) is 0 Å². The van der Waals surface area contributed by atoms with Gasteiger partial charge in [-0.15, -0.1) is 0 Å². The summed E-state index contributed by atoms with van der Waals surface area (Å²) in [6.45, 7) is 2.09. The molecule has 0 saturated heterocycles. The number of hydrogen-bond donors (Lipinski definition) is 2. The molecule has 0 saturated carbocycles. The van der Waals surface area contributed by atoms with E-state index in [2.05, 4.69) is 16.9 Å². The first-order valence-electron chi connectivity index (χ1n) is 4.20. The number of halogens is 1. The summed E-state index contributed by atoms with van der Waals surface area (Å²) in [5.74, 6) is 2.01. The lowest BCUT2D eigenvalue weighted by Crippen LogP contribution is -2.13. The average Bonchev–Trinajstić information content (AvgIpc) is 2.14. The number of nitrogens with zero attached hydrogens (tertiary/aromatic N) is 1. The minimum atomic E-state index is -0.273. The van der Waals surface area contributed by atoms with Crippen LogP contribution in [0.1, 0.15) is 19.2 Å². The lowest BCUT2D eigenvalue weighted by molar-refractivity contribution is 0.444. The van der Waals surface area contributed by atoms with E-state index in [1.165, 1.54) is 0 Å². The Morgan fingerprint density at radius 3 is 2.93 bits per heavy atom. The average molecular weight is 326 g/mol. The molecule has 0 aliphatic heterocycles. The second-order valence-corrected chi connectivity index (χ2v) is 4.89. The monoisotopic (exact) mass is 326 g/mol. The van der Waals surface area contributed by atoms with E-state index in [0.717, 1.165) is 12.2 Å². The molecule has 0 spiro atoms. The molecule has 0 fully saturated rings. The molecule has 0 aromatic carbocycles. The molecule has 2 N–H and O–H groups in total. The summed E-state index contributed by atoms with van der Waals surface area (Å²) in [5, 5.41) is 9.29. The molecule has 78 valence electrons. The standard InChI is InChI=1S/C8H11IN2O2S/c1-2-3-14-4-5-10-7(12)6(9)8(13)11-5/h2-4H2,1H3,(H2,10,11,12,13). The third-order valence-electron chi connectivity index (χ3n) is 1.48. The first-order chi connectivity index (χ1) is 6.65. The van der Waals surface area contributed by atoms with Crippen LogP contribution in [0.3, 0.4) is 0 Å². The Morgan fingerprint density at radius 1 is 1.64 bits per heavy atom. The highest BCUT2D eigenvalue weighted by atomic mass is 127. The number of aromatic hydroxyl groups is 1. The van der Waals surface area contributed by atoms with E-state index in [9.17, 15) is 9.90 Å². The summed E-state index contributed by atoms with van der Waals surface area (Å²) >= 11 is 3.45. The number of aromatic nitrogens is 2. The fourth-order valence-corrected chi connectivity index (χ4v) is 1.89. The van der Waals surface area contributed by atoms with Crippen molar-refractivity contribution in [2.24, 2.45) is 0 Å². The third-order valence-corrected chi connectivity index (χ3v) is 3.63. The number of rotatable bonds is 4. The van der Waals surface area contributed by atoms with Gasteiger partial charge in [-0.05, 0) is 34.8 Å². The first-order valence-corrected chi connectivity index (χ1v) is 6.44. The SMILES string of the molecule is CCCSCc1nc(O)c(I)c(=O)[nH]1. The van der Waals surface area contributed by atoms with Crippen LogP contribution in [0.4, 0.5) is 0 Å². The lowest BCUT2D eigenvalue weighted by atomic mass is 10.6. The van der Waals surface area contributed by atoms with Gasteiger partial charge >= 0.3 is 0 Å². The Bertz CT molecular complexity index is 367. The molecule has 4 nitrogen and oxygen atoms in total. The zero-order chi connectivity index (χ0) is 10.6. The largest absolute Gasteiger partial charge is 0.492 e. The van der Waals surface area contributed by atoms with Gasteiger partial charge in [0.2, 0.25) is 5.88 Å². The second kappa shape index (κ2) is 5.59. The molecule has 0 aliphatic carbocycles. The predicted octanol–water partition coefficient (Wildman–Crippen LogP) is 1.72. The van der Waals surface area contributed by atoms with Crippen LogP contribution in [0.5, 0.6) is 5.88 Å². The fourth-order valence-electron chi connectivity index (χ4n) is 0.874. The van der Waals surface area contributed by atoms with Crippen LogP contribution < -0.4 is 5.56 Å². The predicted molar refractivity (Wildman–Crippen MR) is 65.7 cm³/mol. The van der Waals surface area contributed by atoms with Crippen LogP contribution in [0.15, 0.2) is 4.79 Å². The van der Waals surface area contributed by atoms with Crippen molar-refractivity contribution >= 4 is 34.4 Å². The van der Waals surface area contributed by atoms with Gasteiger partial charge in [0.05, 0.1) is 5.75 Å². The second-order valence-electron chi connectivity index (χ2n) is 2.70. The Morgan fingerprint density at radius 2 is 2.36 bits per heavy atom. The fraction of sp³-hybridized carbons (Fsp3) is 0.500. The normalized spacial score (nSPS) is 10.4. The van der Waals surface area contributed by atoms with Gasteiger partial charge in [-0.2, -0.15) is 16.7 Å². The molecular weight excluding hydrogens is 315 g/mol. The van der Waals surface area contributed by atoms with Crippen molar-refractivity contribution in [1.29, 1.82) is 0 Å².